The molecule has 8 heteroatoms. The summed E-state index contributed by atoms with van der Waals surface area (Å²) in [5.74, 6) is -1.46. The third-order valence-corrected chi connectivity index (χ3v) is 4.66. The molecular formula is C20H22FN3O4. The van der Waals surface area contributed by atoms with Gasteiger partial charge < -0.3 is 20.5 Å². The molecular weight excluding hydrogens is 365 g/mol. The lowest BCUT2D eigenvalue weighted by Crippen LogP contribution is -2.33. The summed E-state index contributed by atoms with van der Waals surface area (Å²) in [6.07, 6.45) is 1.12. The first-order valence-corrected chi connectivity index (χ1v) is 8.78. The fourth-order valence-electron chi connectivity index (χ4n) is 3.47. The minimum atomic E-state index is -0.820. The SMILES string of the molecule is COc1cc(F)ccc1[C@H]1CC(C)(C)O[C@H]1C(=O)Nc1ccnc(C(N)=O)c1. The van der Waals surface area contributed by atoms with E-state index in [1.165, 1.54) is 31.5 Å². The smallest absolute Gasteiger partial charge is 0.267 e. The van der Waals surface area contributed by atoms with Crippen molar-refractivity contribution in [3.63, 3.8) is 0 Å². The van der Waals surface area contributed by atoms with Crippen LogP contribution in [0.4, 0.5) is 10.1 Å². The fourth-order valence-corrected chi connectivity index (χ4v) is 3.47. The Bertz CT molecular complexity index is 916. The summed E-state index contributed by atoms with van der Waals surface area (Å²) >= 11 is 0. The molecule has 1 fully saturated rings. The van der Waals surface area contributed by atoms with E-state index in [9.17, 15) is 14.0 Å². The zero-order valence-corrected chi connectivity index (χ0v) is 15.9. The Kier molecular flexibility index (Phi) is 5.33. The number of halogens is 1. The highest BCUT2D eigenvalue weighted by Crippen LogP contribution is 2.44. The number of hydrogen-bond acceptors (Lipinski definition) is 5. The van der Waals surface area contributed by atoms with Crippen molar-refractivity contribution >= 4 is 17.5 Å². The average Bonchev–Trinajstić information content (AvgIpc) is 2.97. The van der Waals surface area contributed by atoms with E-state index < -0.39 is 23.4 Å². The molecule has 0 aliphatic carbocycles. The summed E-state index contributed by atoms with van der Waals surface area (Å²) in [6, 6.07) is 7.19. The molecule has 1 aliphatic heterocycles. The first kappa shape index (κ1) is 19.8. The molecule has 148 valence electrons. The highest BCUT2D eigenvalue weighted by Gasteiger charge is 2.45. The second-order valence-electron chi connectivity index (χ2n) is 7.28. The van der Waals surface area contributed by atoms with Crippen molar-refractivity contribution in [2.75, 3.05) is 12.4 Å². The molecule has 1 aromatic carbocycles. The number of amides is 2. The maximum Gasteiger partial charge on any atom is 0.267 e. The summed E-state index contributed by atoms with van der Waals surface area (Å²) < 4.78 is 24.9. The number of pyridine rings is 1. The minimum absolute atomic E-state index is 0.0437. The number of nitrogens with one attached hydrogen (secondary N) is 1. The number of rotatable bonds is 5. The molecule has 0 bridgehead atoms. The van der Waals surface area contributed by atoms with Crippen LogP contribution in [-0.2, 0) is 9.53 Å². The third-order valence-electron chi connectivity index (χ3n) is 4.66. The van der Waals surface area contributed by atoms with Crippen LogP contribution in [-0.4, -0.2) is 35.6 Å². The zero-order valence-electron chi connectivity index (χ0n) is 15.9. The normalized spacial score (nSPS) is 20.6. The van der Waals surface area contributed by atoms with Gasteiger partial charge in [-0.05, 0) is 38.5 Å². The second-order valence-corrected chi connectivity index (χ2v) is 7.28. The summed E-state index contributed by atoms with van der Waals surface area (Å²) in [6.45, 7) is 3.78. The standard InChI is InChI=1S/C20H22FN3O4/c1-20(2)10-14(13-5-4-11(21)8-16(13)27-3)17(28-20)19(26)24-12-6-7-23-15(9-12)18(22)25/h4-9,14,17H,10H2,1-3H3,(H2,22,25)(H,23,24,26)/t14-,17-/m1/s1. The molecule has 0 radical (unpaired) electrons. The Morgan fingerprint density at radius 3 is 2.75 bits per heavy atom. The summed E-state index contributed by atoms with van der Waals surface area (Å²) in [7, 11) is 1.45. The van der Waals surface area contributed by atoms with Crippen molar-refractivity contribution in [2.45, 2.75) is 37.9 Å². The number of aromatic nitrogens is 1. The Balaban J connectivity index is 1.89. The largest absolute Gasteiger partial charge is 0.496 e. The van der Waals surface area contributed by atoms with Crippen LogP contribution in [0.5, 0.6) is 5.75 Å². The maximum atomic E-state index is 13.6. The Labute approximate surface area is 162 Å². The number of benzene rings is 1. The van der Waals surface area contributed by atoms with Crippen LogP contribution < -0.4 is 15.8 Å². The molecule has 0 spiro atoms. The zero-order chi connectivity index (χ0) is 20.5. The number of nitrogens with zero attached hydrogens (tertiary/aromatic N) is 1. The van der Waals surface area contributed by atoms with Gasteiger partial charge in [-0.1, -0.05) is 6.07 Å². The molecule has 0 saturated carbocycles. The molecule has 0 unspecified atom stereocenters. The number of anilines is 1. The summed E-state index contributed by atoms with van der Waals surface area (Å²) in [4.78, 5) is 28.1. The van der Waals surface area contributed by atoms with E-state index in [-0.39, 0.29) is 17.5 Å². The lowest BCUT2D eigenvalue weighted by atomic mass is 9.87. The van der Waals surface area contributed by atoms with Crippen LogP contribution in [0.3, 0.4) is 0 Å². The molecule has 7 nitrogen and oxygen atoms in total. The van der Waals surface area contributed by atoms with E-state index in [0.717, 1.165) is 0 Å². The van der Waals surface area contributed by atoms with Crippen LogP contribution in [0, 0.1) is 5.82 Å². The number of carbonyl (C=O) groups is 2. The number of hydrogen-bond donors (Lipinski definition) is 2. The lowest BCUT2D eigenvalue weighted by Gasteiger charge is -2.21. The summed E-state index contributed by atoms with van der Waals surface area (Å²) in [5.41, 5.74) is 5.80. The van der Waals surface area contributed by atoms with Gasteiger partial charge in [-0.3, -0.25) is 14.6 Å². The molecule has 1 aromatic heterocycles. The Morgan fingerprint density at radius 2 is 2.07 bits per heavy atom. The summed E-state index contributed by atoms with van der Waals surface area (Å²) in [5, 5.41) is 2.74. The van der Waals surface area contributed by atoms with Gasteiger partial charge in [0, 0.05) is 29.4 Å². The van der Waals surface area contributed by atoms with Crippen LogP contribution in [0.1, 0.15) is 42.2 Å². The Morgan fingerprint density at radius 1 is 1.32 bits per heavy atom. The van der Waals surface area contributed by atoms with Gasteiger partial charge in [0.25, 0.3) is 11.8 Å². The minimum Gasteiger partial charge on any atom is -0.496 e. The topological polar surface area (TPSA) is 104 Å². The van der Waals surface area contributed by atoms with Crippen molar-refractivity contribution in [3.05, 3.63) is 53.6 Å². The first-order chi connectivity index (χ1) is 13.2. The van der Waals surface area contributed by atoms with Crippen molar-refractivity contribution in [1.29, 1.82) is 0 Å². The monoisotopic (exact) mass is 387 g/mol. The molecule has 1 saturated heterocycles. The number of primary amides is 1. The van der Waals surface area contributed by atoms with Gasteiger partial charge >= 0.3 is 0 Å². The molecule has 3 rings (SSSR count). The van der Waals surface area contributed by atoms with Crippen molar-refractivity contribution < 1.29 is 23.5 Å². The van der Waals surface area contributed by atoms with Gasteiger partial charge in [-0.2, -0.15) is 0 Å². The highest BCUT2D eigenvalue weighted by atomic mass is 19.1. The molecule has 2 heterocycles. The van der Waals surface area contributed by atoms with E-state index in [1.807, 2.05) is 13.8 Å². The molecule has 2 amide bonds. The van der Waals surface area contributed by atoms with Gasteiger partial charge in [-0.15, -0.1) is 0 Å². The van der Waals surface area contributed by atoms with Crippen LogP contribution >= 0.6 is 0 Å². The number of ether oxygens (including phenoxy) is 2. The predicted octanol–water partition coefficient (Wildman–Crippen LogP) is 2.62. The van der Waals surface area contributed by atoms with Gasteiger partial charge in [0.05, 0.1) is 12.7 Å². The highest BCUT2D eigenvalue weighted by molar-refractivity contribution is 5.97. The average molecular weight is 387 g/mol. The third kappa shape index (κ3) is 4.12. The van der Waals surface area contributed by atoms with Crippen molar-refractivity contribution in [2.24, 2.45) is 5.73 Å². The second kappa shape index (κ2) is 7.55. The van der Waals surface area contributed by atoms with E-state index in [0.29, 0.717) is 23.4 Å². The number of nitrogens with two attached hydrogens (primary N) is 1. The van der Waals surface area contributed by atoms with Gasteiger partial charge in [0.1, 0.15) is 23.4 Å². The molecule has 28 heavy (non-hydrogen) atoms. The quantitative estimate of drug-likeness (QED) is 0.821. The maximum absolute atomic E-state index is 13.6. The fraction of sp³-hybridized carbons (Fsp3) is 0.350. The van der Waals surface area contributed by atoms with E-state index in [1.54, 1.807) is 12.1 Å². The molecule has 2 atom stereocenters. The van der Waals surface area contributed by atoms with Crippen molar-refractivity contribution in [3.8, 4) is 5.75 Å². The van der Waals surface area contributed by atoms with Crippen LogP contribution in [0.2, 0.25) is 0 Å². The Hall–Kier alpha value is -3.00. The number of methoxy groups -OCH3 is 1. The van der Waals surface area contributed by atoms with Gasteiger partial charge in [0.15, 0.2) is 0 Å². The van der Waals surface area contributed by atoms with E-state index >= 15 is 0 Å². The lowest BCUT2D eigenvalue weighted by molar-refractivity contribution is -0.130. The predicted molar refractivity (Wildman–Crippen MR) is 101 cm³/mol. The van der Waals surface area contributed by atoms with Crippen LogP contribution in [0.15, 0.2) is 36.5 Å². The first-order valence-electron chi connectivity index (χ1n) is 8.78. The molecule has 1 aliphatic rings. The van der Waals surface area contributed by atoms with E-state index in [2.05, 4.69) is 10.3 Å². The molecule has 2 aromatic rings. The van der Waals surface area contributed by atoms with Gasteiger partial charge in [-0.25, -0.2) is 4.39 Å². The van der Waals surface area contributed by atoms with Crippen molar-refractivity contribution in [1.82, 2.24) is 4.98 Å². The number of carbonyl (C=O) groups excluding carboxylic acids is 2. The van der Waals surface area contributed by atoms with Gasteiger partial charge in [0.2, 0.25) is 0 Å². The van der Waals surface area contributed by atoms with E-state index in [4.69, 9.17) is 15.2 Å². The van der Waals surface area contributed by atoms with Crippen LogP contribution in [0.25, 0.3) is 0 Å². The molecule has 3 N–H and O–H groups in total.